The molecule has 122 valence electrons. The lowest BCUT2D eigenvalue weighted by molar-refractivity contribution is 0.0187. The summed E-state index contributed by atoms with van der Waals surface area (Å²) < 4.78 is 6.49. The predicted octanol–water partition coefficient (Wildman–Crippen LogP) is 3.52. The Morgan fingerprint density at radius 2 is 1.87 bits per heavy atom. The Hall–Kier alpha value is -1.56. The van der Waals surface area contributed by atoms with E-state index in [4.69, 9.17) is 10.5 Å². The van der Waals surface area contributed by atoms with E-state index in [1.54, 1.807) is 0 Å². The number of nitrogens with two attached hydrogens (primary N) is 1. The van der Waals surface area contributed by atoms with Gasteiger partial charge < -0.3 is 15.8 Å². The van der Waals surface area contributed by atoms with Crippen molar-refractivity contribution in [2.75, 3.05) is 43.9 Å². The number of rotatable bonds is 5. The zero-order valence-corrected chi connectivity index (χ0v) is 14.6. The van der Waals surface area contributed by atoms with Gasteiger partial charge in [0.2, 0.25) is 0 Å². The predicted molar refractivity (Wildman–Crippen MR) is 98.6 cm³/mol. The van der Waals surface area contributed by atoms with Gasteiger partial charge in [-0.3, -0.25) is 4.90 Å². The van der Waals surface area contributed by atoms with Gasteiger partial charge in [0.25, 0.3) is 0 Å². The quantitative estimate of drug-likeness (QED) is 0.785. The summed E-state index contributed by atoms with van der Waals surface area (Å²) in [5.41, 5.74) is 9.15. The second-order valence-corrected chi connectivity index (χ2v) is 6.60. The highest BCUT2D eigenvalue weighted by Crippen LogP contribution is 2.26. The molecule has 1 aliphatic rings. The fourth-order valence-electron chi connectivity index (χ4n) is 2.92. The van der Waals surface area contributed by atoms with Crippen molar-refractivity contribution in [3.63, 3.8) is 0 Å². The van der Waals surface area contributed by atoms with Crippen LogP contribution in [-0.4, -0.2) is 37.7 Å². The molecule has 3 rings (SSSR count). The molecule has 1 fully saturated rings. The molecule has 4 nitrogen and oxygen atoms in total. The van der Waals surface area contributed by atoms with Crippen LogP contribution in [0.2, 0.25) is 0 Å². The third-order valence-corrected chi connectivity index (χ3v) is 4.66. The number of morpholine rings is 1. The van der Waals surface area contributed by atoms with E-state index in [0.717, 1.165) is 48.7 Å². The average Bonchev–Trinajstić information content (AvgIpc) is 2.59. The Bertz CT molecular complexity index is 629. The second kappa shape index (κ2) is 7.81. The van der Waals surface area contributed by atoms with Crippen molar-refractivity contribution in [1.29, 1.82) is 0 Å². The lowest BCUT2D eigenvalue weighted by atomic mass is 10.0. The van der Waals surface area contributed by atoms with Gasteiger partial charge in [0.05, 0.1) is 30.6 Å². The maximum Gasteiger partial charge on any atom is 0.0594 e. The molecule has 0 amide bonds. The first-order valence-electron chi connectivity index (χ1n) is 7.89. The van der Waals surface area contributed by atoms with Crippen molar-refractivity contribution in [2.24, 2.45) is 0 Å². The summed E-state index contributed by atoms with van der Waals surface area (Å²) in [5, 5.41) is 3.51. The standard InChI is InChI=1S/C18H22BrN3O/c19-15-6-7-17(16(20)12-15)21-13-18(14-4-2-1-3-5-14)22-8-10-23-11-9-22/h1-7,12,18,21H,8-11,13,20H2. The average molecular weight is 376 g/mol. The molecular formula is C18H22BrN3O. The lowest BCUT2D eigenvalue weighted by Crippen LogP contribution is -2.41. The SMILES string of the molecule is Nc1cc(Br)ccc1NCC(c1ccccc1)N1CCOCC1. The van der Waals surface area contributed by atoms with Gasteiger partial charge in [-0.25, -0.2) is 0 Å². The molecule has 1 heterocycles. The van der Waals surface area contributed by atoms with Crippen molar-refractivity contribution >= 4 is 27.3 Å². The highest BCUT2D eigenvalue weighted by Gasteiger charge is 2.22. The van der Waals surface area contributed by atoms with E-state index in [0.29, 0.717) is 6.04 Å². The largest absolute Gasteiger partial charge is 0.397 e. The minimum absolute atomic E-state index is 0.308. The number of anilines is 2. The number of nitrogen functional groups attached to an aromatic ring is 1. The van der Waals surface area contributed by atoms with Crippen LogP contribution in [0.15, 0.2) is 53.0 Å². The fraction of sp³-hybridized carbons (Fsp3) is 0.333. The number of nitrogens with zero attached hydrogens (tertiary/aromatic N) is 1. The summed E-state index contributed by atoms with van der Waals surface area (Å²) in [6.45, 7) is 4.32. The highest BCUT2D eigenvalue weighted by atomic mass is 79.9. The maximum absolute atomic E-state index is 6.10. The van der Waals surface area contributed by atoms with Gasteiger partial charge in [-0.2, -0.15) is 0 Å². The second-order valence-electron chi connectivity index (χ2n) is 5.69. The van der Waals surface area contributed by atoms with Crippen molar-refractivity contribution in [3.05, 3.63) is 58.6 Å². The Labute approximate surface area is 145 Å². The van der Waals surface area contributed by atoms with Crippen molar-refractivity contribution < 1.29 is 4.74 Å². The molecule has 23 heavy (non-hydrogen) atoms. The maximum atomic E-state index is 6.10. The number of halogens is 1. The molecule has 1 saturated heterocycles. The zero-order chi connectivity index (χ0) is 16.1. The highest BCUT2D eigenvalue weighted by molar-refractivity contribution is 9.10. The van der Waals surface area contributed by atoms with Crippen LogP contribution in [0.3, 0.4) is 0 Å². The van der Waals surface area contributed by atoms with Crippen molar-refractivity contribution in [3.8, 4) is 0 Å². The van der Waals surface area contributed by atoms with E-state index in [2.05, 4.69) is 56.5 Å². The summed E-state index contributed by atoms with van der Waals surface area (Å²) in [6, 6.07) is 16.9. The molecule has 0 aromatic heterocycles. The monoisotopic (exact) mass is 375 g/mol. The van der Waals surface area contributed by atoms with Gasteiger partial charge in [0.1, 0.15) is 0 Å². The number of nitrogens with one attached hydrogen (secondary N) is 1. The number of hydrogen-bond donors (Lipinski definition) is 2. The van der Waals surface area contributed by atoms with Crippen LogP contribution in [-0.2, 0) is 4.74 Å². The lowest BCUT2D eigenvalue weighted by Gasteiger charge is -2.35. The van der Waals surface area contributed by atoms with Gasteiger partial charge in [0.15, 0.2) is 0 Å². The van der Waals surface area contributed by atoms with E-state index in [-0.39, 0.29) is 0 Å². The normalized spacial score (nSPS) is 16.9. The summed E-state index contributed by atoms with van der Waals surface area (Å²) in [7, 11) is 0. The van der Waals surface area contributed by atoms with Crippen molar-refractivity contribution in [1.82, 2.24) is 4.90 Å². The van der Waals surface area contributed by atoms with Crippen molar-refractivity contribution in [2.45, 2.75) is 6.04 Å². The van der Waals surface area contributed by atoms with Crippen LogP contribution in [0, 0.1) is 0 Å². The molecule has 5 heteroatoms. The molecule has 0 spiro atoms. The van der Waals surface area contributed by atoms with Crippen LogP contribution in [0.1, 0.15) is 11.6 Å². The first kappa shape index (κ1) is 16.3. The minimum Gasteiger partial charge on any atom is -0.397 e. The Balaban J connectivity index is 1.75. The molecule has 0 aliphatic carbocycles. The van der Waals surface area contributed by atoms with E-state index in [1.807, 2.05) is 18.2 Å². The molecule has 2 aromatic carbocycles. The molecule has 1 atom stereocenters. The molecule has 0 radical (unpaired) electrons. The van der Waals surface area contributed by atoms with Gasteiger partial charge in [-0.15, -0.1) is 0 Å². The topological polar surface area (TPSA) is 50.5 Å². The Kier molecular flexibility index (Phi) is 5.54. The van der Waals surface area contributed by atoms with E-state index in [1.165, 1.54) is 5.56 Å². The summed E-state index contributed by atoms with van der Waals surface area (Å²) >= 11 is 3.45. The van der Waals surface area contributed by atoms with E-state index < -0.39 is 0 Å². The smallest absolute Gasteiger partial charge is 0.0594 e. The van der Waals surface area contributed by atoms with Crippen LogP contribution < -0.4 is 11.1 Å². The molecule has 1 aliphatic heterocycles. The van der Waals surface area contributed by atoms with Crippen LogP contribution in [0.5, 0.6) is 0 Å². The molecule has 1 unspecified atom stereocenters. The van der Waals surface area contributed by atoms with Gasteiger partial charge >= 0.3 is 0 Å². The van der Waals surface area contributed by atoms with Crippen LogP contribution >= 0.6 is 15.9 Å². The molecule has 3 N–H and O–H groups in total. The van der Waals surface area contributed by atoms with E-state index in [9.17, 15) is 0 Å². The van der Waals surface area contributed by atoms with Gasteiger partial charge in [-0.05, 0) is 23.8 Å². The van der Waals surface area contributed by atoms with E-state index >= 15 is 0 Å². The molecule has 0 bridgehead atoms. The third-order valence-electron chi connectivity index (χ3n) is 4.17. The first-order chi connectivity index (χ1) is 11.2. The molecule has 2 aromatic rings. The van der Waals surface area contributed by atoms with Gasteiger partial charge in [-0.1, -0.05) is 46.3 Å². The first-order valence-corrected chi connectivity index (χ1v) is 8.69. The minimum atomic E-state index is 0.308. The van der Waals surface area contributed by atoms with Crippen LogP contribution in [0.4, 0.5) is 11.4 Å². The Morgan fingerprint density at radius 1 is 1.13 bits per heavy atom. The summed E-state index contributed by atoms with van der Waals surface area (Å²) in [5.74, 6) is 0. The fourth-order valence-corrected chi connectivity index (χ4v) is 3.30. The molecule has 0 saturated carbocycles. The zero-order valence-electron chi connectivity index (χ0n) is 13.0. The molecular weight excluding hydrogens is 354 g/mol. The number of benzene rings is 2. The van der Waals surface area contributed by atoms with Gasteiger partial charge in [0, 0.05) is 24.1 Å². The third kappa shape index (κ3) is 4.25. The summed E-state index contributed by atoms with van der Waals surface area (Å²) in [4.78, 5) is 2.47. The summed E-state index contributed by atoms with van der Waals surface area (Å²) in [6.07, 6.45) is 0. The number of ether oxygens (including phenoxy) is 1. The number of hydrogen-bond acceptors (Lipinski definition) is 4. The van der Waals surface area contributed by atoms with Crippen LogP contribution in [0.25, 0.3) is 0 Å². The Morgan fingerprint density at radius 3 is 2.57 bits per heavy atom.